The van der Waals surface area contributed by atoms with Gasteiger partial charge in [-0.2, -0.15) is 13.2 Å². The summed E-state index contributed by atoms with van der Waals surface area (Å²) in [5.74, 6) is -0.597. The SMILES string of the molecule is C=CC(=CC=C(CC)C(F)(F)F)C(=O)Nc1ccc2c(c1)B(O)OCC2. The molecule has 8 heteroatoms. The Balaban J connectivity index is 2.19. The van der Waals surface area contributed by atoms with Crippen molar-refractivity contribution in [3.05, 3.63) is 59.7 Å². The maximum atomic E-state index is 12.8. The number of halogens is 3. The maximum absolute atomic E-state index is 12.8. The molecule has 1 aliphatic rings. The zero-order chi connectivity index (χ0) is 19.3. The highest BCUT2D eigenvalue weighted by Gasteiger charge is 2.31. The molecular formula is C18H19BF3NO3. The molecule has 1 aliphatic heterocycles. The van der Waals surface area contributed by atoms with E-state index in [-0.39, 0.29) is 12.0 Å². The van der Waals surface area contributed by atoms with Crippen LogP contribution in [0.2, 0.25) is 0 Å². The summed E-state index contributed by atoms with van der Waals surface area (Å²) < 4.78 is 43.4. The number of allylic oxidation sites excluding steroid dienone is 3. The number of benzene rings is 1. The van der Waals surface area contributed by atoms with Crippen molar-refractivity contribution in [2.24, 2.45) is 0 Å². The topological polar surface area (TPSA) is 58.6 Å². The van der Waals surface area contributed by atoms with Gasteiger partial charge in [0.05, 0.1) is 0 Å². The van der Waals surface area contributed by atoms with Crippen molar-refractivity contribution < 1.29 is 27.6 Å². The number of hydrogen-bond donors (Lipinski definition) is 2. The highest BCUT2D eigenvalue weighted by Crippen LogP contribution is 2.28. The molecule has 0 unspecified atom stereocenters. The Kier molecular flexibility index (Phi) is 6.44. The number of rotatable bonds is 5. The number of alkyl halides is 3. The van der Waals surface area contributed by atoms with E-state index < -0.39 is 24.8 Å². The van der Waals surface area contributed by atoms with Gasteiger partial charge in [-0.3, -0.25) is 4.79 Å². The zero-order valence-corrected chi connectivity index (χ0v) is 14.3. The second-order valence-corrected chi connectivity index (χ2v) is 5.71. The minimum Gasteiger partial charge on any atom is -0.423 e. The van der Waals surface area contributed by atoms with E-state index in [1.165, 1.54) is 13.0 Å². The first-order valence-electron chi connectivity index (χ1n) is 8.10. The predicted molar refractivity (Wildman–Crippen MR) is 95.0 cm³/mol. The Hall–Kier alpha value is -2.32. The van der Waals surface area contributed by atoms with Crippen LogP contribution in [0.3, 0.4) is 0 Å². The Bertz CT molecular complexity index is 757. The number of fused-ring (bicyclic) bond motifs is 1. The summed E-state index contributed by atoms with van der Waals surface area (Å²) >= 11 is 0. The summed E-state index contributed by atoms with van der Waals surface area (Å²) in [7, 11) is -1.06. The Morgan fingerprint density at radius 1 is 1.42 bits per heavy atom. The van der Waals surface area contributed by atoms with Crippen LogP contribution in [0, 0.1) is 0 Å². The molecule has 2 N–H and O–H groups in total. The lowest BCUT2D eigenvalue weighted by Gasteiger charge is -2.19. The van der Waals surface area contributed by atoms with E-state index in [2.05, 4.69) is 11.9 Å². The van der Waals surface area contributed by atoms with Gasteiger partial charge in [0, 0.05) is 23.4 Å². The van der Waals surface area contributed by atoms with Crippen molar-refractivity contribution in [3.63, 3.8) is 0 Å². The minimum absolute atomic E-state index is 0.00489. The van der Waals surface area contributed by atoms with E-state index in [4.69, 9.17) is 4.65 Å². The second-order valence-electron chi connectivity index (χ2n) is 5.71. The van der Waals surface area contributed by atoms with Gasteiger partial charge in [-0.25, -0.2) is 0 Å². The molecule has 2 rings (SSSR count). The van der Waals surface area contributed by atoms with Gasteiger partial charge >= 0.3 is 13.3 Å². The standard InChI is InChI=1S/C18H19BF3NO3/c1-3-12(5-7-14(4-2)18(20,21)22)17(24)23-15-8-6-13-9-10-26-19(25)16(13)11-15/h3,5-8,11,25H,1,4,9-10H2,2H3,(H,23,24). The maximum Gasteiger partial charge on any atom is 0.491 e. The Labute approximate surface area is 150 Å². The fourth-order valence-corrected chi connectivity index (χ4v) is 2.54. The Morgan fingerprint density at radius 3 is 2.77 bits per heavy atom. The van der Waals surface area contributed by atoms with Gasteiger partial charge in [-0.15, -0.1) is 0 Å². The molecule has 1 aromatic rings. The first-order valence-corrected chi connectivity index (χ1v) is 8.10. The number of nitrogens with one attached hydrogen (secondary N) is 1. The first kappa shape index (κ1) is 20.0. The molecule has 1 aromatic carbocycles. The summed E-state index contributed by atoms with van der Waals surface area (Å²) in [6.45, 7) is 5.27. The summed E-state index contributed by atoms with van der Waals surface area (Å²) in [6, 6.07) is 5.02. The van der Waals surface area contributed by atoms with Crippen LogP contribution in [0.25, 0.3) is 0 Å². The van der Waals surface area contributed by atoms with Crippen molar-refractivity contribution in [2.75, 3.05) is 11.9 Å². The van der Waals surface area contributed by atoms with Crippen molar-refractivity contribution in [2.45, 2.75) is 25.9 Å². The molecule has 0 saturated carbocycles. The molecular weight excluding hydrogens is 346 g/mol. The van der Waals surface area contributed by atoms with Crippen LogP contribution >= 0.6 is 0 Å². The van der Waals surface area contributed by atoms with Crippen LogP contribution in [0.15, 0.2) is 54.2 Å². The quantitative estimate of drug-likeness (QED) is 0.479. The van der Waals surface area contributed by atoms with Gasteiger partial charge in [0.25, 0.3) is 5.91 Å². The van der Waals surface area contributed by atoms with Crippen molar-refractivity contribution >= 4 is 24.2 Å². The lowest BCUT2D eigenvalue weighted by atomic mass is 9.73. The van der Waals surface area contributed by atoms with Gasteiger partial charge in [0.15, 0.2) is 0 Å². The summed E-state index contributed by atoms with van der Waals surface area (Å²) in [5.41, 5.74) is 1.14. The molecule has 0 spiro atoms. The molecule has 138 valence electrons. The fraction of sp³-hybridized carbons (Fsp3) is 0.278. The third-order valence-electron chi connectivity index (χ3n) is 4.01. The average molecular weight is 365 g/mol. The zero-order valence-electron chi connectivity index (χ0n) is 14.3. The third-order valence-corrected chi connectivity index (χ3v) is 4.01. The van der Waals surface area contributed by atoms with Crippen molar-refractivity contribution in [1.82, 2.24) is 0 Å². The van der Waals surface area contributed by atoms with Crippen molar-refractivity contribution in [3.8, 4) is 0 Å². The van der Waals surface area contributed by atoms with E-state index in [1.54, 1.807) is 18.2 Å². The molecule has 0 aliphatic carbocycles. The highest BCUT2D eigenvalue weighted by molar-refractivity contribution is 6.61. The lowest BCUT2D eigenvalue weighted by molar-refractivity contribution is -0.112. The van der Waals surface area contributed by atoms with Crippen LogP contribution in [0.1, 0.15) is 18.9 Å². The predicted octanol–water partition coefficient (Wildman–Crippen LogP) is 2.90. The number of carbonyl (C=O) groups is 1. The summed E-state index contributed by atoms with van der Waals surface area (Å²) in [5, 5.41) is 12.4. The van der Waals surface area contributed by atoms with E-state index in [9.17, 15) is 23.0 Å². The molecule has 4 nitrogen and oxygen atoms in total. The largest absolute Gasteiger partial charge is 0.491 e. The summed E-state index contributed by atoms with van der Waals surface area (Å²) in [6.07, 6.45) is -0.838. The molecule has 26 heavy (non-hydrogen) atoms. The van der Waals surface area contributed by atoms with E-state index in [0.29, 0.717) is 24.2 Å². The van der Waals surface area contributed by atoms with Crippen LogP contribution in [-0.2, 0) is 15.9 Å². The van der Waals surface area contributed by atoms with Gasteiger partial charge in [0.2, 0.25) is 0 Å². The van der Waals surface area contributed by atoms with Gasteiger partial charge < -0.3 is 15.0 Å². The molecule has 0 aromatic heterocycles. The van der Waals surface area contributed by atoms with E-state index in [0.717, 1.165) is 17.7 Å². The van der Waals surface area contributed by atoms with E-state index >= 15 is 0 Å². The van der Waals surface area contributed by atoms with Crippen LogP contribution < -0.4 is 10.8 Å². The van der Waals surface area contributed by atoms with Crippen LogP contribution in [-0.4, -0.2) is 30.8 Å². The van der Waals surface area contributed by atoms with Crippen LogP contribution in [0.5, 0.6) is 0 Å². The monoisotopic (exact) mass is 365 g/mol. The van der Waals surface area contributed by atoms with Gasteiger partial charge in [-0.05, 0) is 42.1 Å². The lowest BCUT2D eigenvalue weighted by Crippen LogP contribution is -2.41. The Morgan fingerprint density at radius 2 is 2.15 bits per heavy atom. The third kappa shape index (κ3) is 4.86. The number of amides is 1. The molecule has 1 amide bonds. The molecule has 0 atom stereocenters. The molecule has 1 heterocycles. The number of carbonyl (C=O) groups excluding carboxylic acids is 1. The summed E-state index contributed by atoms with van der Waals surface area (Å²) in [4.78, 5) is 12.3. The first-order chi connectivity index (χ1) is 12.3. The number of anilines is 1. The average Bonchev–Trinajstić information content (AvgIpc) is 2.58. The van der Waals surface area contributed by atoms with Gasteiger partial charge in [-0.1, -0.05) is 31.7 Å². The molecule has 0 fully saturated rings. The fourth-order valence-electron chi connectivity index (χ4n) is 2.54. The smallest absolute Gasteiger partial charge is 0.423 e. The van der Waals surface area contributed by atoms with Crippen LogP contribution in [0.4, 0.5) is 18.9 Å². The van der Waals surface area contributed by atoms with Crippen molar-refractivity contribution in [1.29, 1.82) is 0 Å². The normalized spacial score (nSPS) is 15.5. The van der Waals surface area contributed by atoms with Gasteiger partial charge in [0.1, 0.15) is 0 Å². The molecule has 0 radical (unpaired) electrons. The molecule has 0 bridgehead atoms. The van der Waals surface area contributed by atoms with E-state index in [1.807, 2.05) is 0 Å². The molecule has 0 saturated heterocycles. The number of hydrogen-bond acceptors (Lipinski definition) is 3. The highest BCUT2D eigenvalue weighted by atomic mass is 19.4. The minimum atomic E-state index is -4.44. The second kappa shape index (κ2) is 8.38.